The van der Waals surface area contributed by atoms with Crippen molar-refractivity contribution in [3.05, 3.63) is 64.1 Å². The lowest BCUT2D eigenvalue weighted by Crippen LogP contribution is -2.36. The number of hydrogen-bond donors (Lipinski definition) is 2. The number of carbonyl (C=O) groups excluding carboxylic acids is 1. The standard InChI is InChI=1S/C16H15F3N2O3/c1-10(15(23)21-9-11-2-7-14(22)20-8-11)24-13-5-3-12(4-6-13)16(17,18)19/h2-8,10H,9H2,1H3,(H,20,22)(H,21,23)/t10-/m0/s1. The molecule has 2 aromatic rings. The molecule has 8 heteroatoms. The molecule has 1 heterocycles. The van der Waals surface area contributed by atoms with Crippen molar-refractivity contribution >= 4 is 5.91 Å². The zero-order chi connectivity index (χ0) is 17.7. The number of aromatic amines is 1. The van der Waals surface area contributed by atoms with E-state index in [2.05, 4.69) is 10.3 Å². The monoisotopic (exact) mass is 340 g/mol. The number of carbonyl (C=O) groups is 1. The van der Waals surface area contributed by atoms with Crippen LogP contribution >= 0.6 is 0 Å². The highest BCUT2D eigenvalue weighted by molar-refractivity contribution is 5.80. The van der Waals surface area contributed by atoms with Crippen LogP contribution in [-0.2, 0) is 17.5 Å². The van der Waals surface area contributed by atoms with Gasteiger partial charge in [0.25, 0.3) is 5.91 Å². The SMILES string of the molecule is C[C@H](Oc1ccc(C(F)(F)F)cc1)C(=O)NCc1ccc(=O)[nH]c1. The van der Waals surface area contributed by atoms with Crippen molar-refractivity contribution in [2.75, 3.05) is 0 Å². The Bertz CT molecular complexity index is 734. The molecule has 5 nitrogen and oxygen atoms in total. The van der Waals surface area contributed by atoms with Crippen molar-refractivity contribution in [2.45, 2.75) is 25.7 Å². The molecule has 0 aliphatic carbocycles. The second kappa shape index (κ2) is 7.20. The van der Waals surface area contributed by atoms with Crippen LogP contribution in [0.15, 0.2) is 47.4 Å². The number of pyridine rings is 1. The van der Waals surface area contributed by atoms with Crippen molar-refractivity contribution in [1.29, 1.82) is 0 Å². The Hall–Kier alpha value is -2.77. The Kier molecular flexibility index (Phi) is 5.28. The van der Waals surface area contributed by atoms with E-state index in [-0.39, 0.29) is 17.9 Å². The van der Waals surface area contributed by atoms with E-state index in [4.69, 9.17) is 4.74 Å². The quantitative estimate of drug-likeness (QED) is 0.878. The van der Waals surface area contributed by atoms with Crippen LogP contribution in [0.25, 0.3) is 0 Å². The van der Waals surface area contributed by atoms with Gasteiger partial charge in [-0.25, -0.2) is 0 Å². The topological polar surface area (TPSA) is 71.2 Å². The summed E-state index contributed by atoms with van der Waals surface area (Å²) in [5, 5.41) is 2.61. The van der Waals surface area contributed by atoms with Gasteiger partial charge in [0.1, 0.15) is 5.75 Å². The molecule has 2 N–H and O–H groups in total. The highest BCUT2D eigenvalue weighted by Gasteiger charge is 2.30. The van der Waals surface area contributed by atoms with Gasteiger partial charge in [0.05, 0.1) is 5.56 Å². The van der Waals surface area contributed by atoms with Crippen LogP contribution in [0.1, 0.15) is 18.1 Å². The maximum atomic E-state index is 12.5. The maximum Gasteiger partial charge on any atom is 0.416 e. The molecule has 1 aromatic carbocycles. The Labute approximate surface area is 135 Å². The summed E-state index contributed by atoms with van der Waals surface area (Å²) >= 11 is 0. The molecular formula is C16H15F3N2O3. The summed E-state index contributed by atoms with van der Waals surface area (Å²) in [6, 6.07) is 7.01. The summed E-state index contributed by atoms with van der Waals surface area (Å²) in [4.78, 5) is 25.3. The number of aromatic nitrogens is 1. The first-order valence-corrected chi connectivity index (χ1v) is 7.05. The number of H-pyrrole nitrogens is 1. The van der Waals surface area contributed by atoms with E-state index in [1.54, 1.807) is 6.07 Å². The number of benzene rings is 1. The molecule has 0 unspecified atom stereocenters. The maximum absolute atomic E-state index is 12.5. The van der Waals surface area contributed by atoms with Crippen molar-refractivity contribution < 1.29 is 22.7 Å². The normalized spacial score (nSPS) is 12.5. The van der Waals surface area contributed by atoms with Gasteiger partial charge >= 0.3 is 6.18 Å². The van der Waals surface area contributed by atoms with Gasteiger partial charge in [0.2, 0.25) is 5.56 Å². The van der Waals surface area contributed by atoms with Gasteiger partial charge < -0.3 is 15.0 Å². The van der Waals surface area contributed by atoms with E-state index in [0.717, 1.165) is 24.3 Å². The third-order valence-corrected chi connectivity index (χ3v) is 3.18. The second-order valence-electron chi connectivity index (χ2n) is 5.06. The van der Waals surface area contributed by atoms with Gasteiger partial charge in [-0.15, -0.1) is 0 Å². The Morgan fingerprint density at radius 2 is 1.88 bits per heavy atom. The molecule has 0 fully saturated rings. The summed E-state index contributed by atoms with van der Waals surface area (Å²) in [7, 11) is 0. The molecule has 1 amide bonds. The average Bonchev–Trinajstić information content (AvgIpc) is 2.53. The van der Waals surface area contributed by atoms with Crippen LogP contribution in [0.5, 0.6) is 5.75 Å². The molecule has 1 atom stereocenters. The average molecular weight is 340 g/mol. The fraction of sp³-hybridized carbons (Fsp3) is 0.250. The molecule has 0 bridgehead atoms. The number of rotatable bonds is 5. The molecule has 0 radical (unpaired) electrons. The Morgan fingerprint density at radius 3 is 2.42 bits per heavy atom. The summed E-state index contributed by atoms with van der Waals surface area (Å²) in [6.07, 6.45) is -3.83. The third-order valence-electron chi connectivity index (χ3n) is 3.18. The lowest BCUT2D eigenvalue weighted by molar-refractivity contribution is -0.137. The Morgan fingerprint density at radius 1 is 1.21 bits per heavy atom. The van der Waals surface area contributed by atoms with E-state index >= 15 is 0 Å². The molecule has 0 saturated carbocycles. The van der Waals surface area contributed by atoms with Crippen LogP contribution in [0.2, 0.25) is 0 Å². The number of ether oxygens (including phenoxy) is 1. The molecule has 128 valence electrons. The first kappa shape index (κ1) is 17.6. The van der Waals surface area contributed by atoms with Crippen LogP contribution in [-0.4, -0.2) is 17.0 Å². The van der Waals surface area contributed by atoms with E-state index in [1.165, 1.54) is 19.2 Å². The summed E-state index contributed by atoms with van der Waals surface area (Å²) < 4.78 is 42.7. The first-order chi connectivity index (χ1) is 11.3. The minimum atomic E-state index is -4.42. The van der Waals surface area contributed by atoms with Gasteiger partial charge in [-0.3, -0.25) is 9.59 Å². The van der Waals surface area contributed by atoms with Gasteiger partial charge in [0, 0.05) is 18.8 Å². The van der Waals surface area contributed by atoms with E-state index in [0.29, 0.717) is 5.56 Å². The fourth-order valence-corrected chi connectivity index (χ4v) is 1.87. The number of alkyl halides is 3. The van der Waals surface area contributed by atoms with Gasteiger partial charge in [-0.05, 0) is 36.8 Å². The molecule has 2 rings (SSSR count). The zero-order valence-corrected chi connectivity index (χ0v) is 12.7. The lowest BCUT2D eigenvalue weighted by Gasteiger charge is -2.15. The third kappa shape index (κ3) is 4.87. The van der Waals surface area contributed by atoms with Crippen molar-refractivity contribution in [2.24, 2.45) is 0 Å². The van der Waals surface area contributed by atoms with Gasteiger partial charge in [-0.1, -0.05) is 6.07 Å². The molecule has 24 heavy (non-hydrogen) atoms. The van der Waals surface area contributed by atoms with Crippen molar-refractivity contribution in [1.82, 2.24) is 10.3 Å². The van der Waals surface area contributed by atoms with Crippen LogP contribution in [0.3, 0.4) is 0 Å². The predicted octanol–water partition coefficient (Wildman–Crippen LogP) is 2.48. The lowest BCUT2D eigenvalue weighted by atomic mass is 10.2. The van der Waals surface area contributed by atoms with Gasteiger partial charge in [0.15, 0.2) is 6.10 Å². The molecule has 1 aromatic heterocycles. The van der Waals surface area contributed by atoms with Crippen molar-refractivity contribution in [3.8, 4) is 5.75 Å². The largest absolute Gasteiger partial charge is 0.481 e. The number of amides is 1. The van der Waals surface area contributed by atoms with E-state index in [1.807, 2.05) is 0 Å². The molecule has 0 spiro atoms. The van der Waals surface area contributed by atoms with Crippen LogP contribution < -0.4 is 15.6 Å². The Balaban J connectivity index is 1.89. The van der Waals surface area contributed by atoms with Crippen LogP contribution in [0.4, 0.5) is 13.2 Å². The highest BCUT2D eigenvalue weighted by atomic mass is 19.4. The predicted molar refractivity (Wildman–Crippen MR) is 80.4 cm³/mol. The molecule has 0 saturated heterocycles. The molecule has 0 aliphatic heterocycles. The number of nitrogens with one attached hydrogen (secondary N) is 2. The van der Waals surface area contributed by atoms with Crippen molar-refractivity contribution in [3.63, 3.8) is 0 Å². The minimum absolute atomic E-state index is 0.162. The summed E-state index contributed by atoms with van der Waals surface area (Å²) in [6.45, 7) is 1.68. The van der Waals surface area contributed by atoms with Crippen LogP contribution in [0, 0.1) is 0 Å². The summed E-state index contributed by atoms with van der Waals surface area (Å²) in [5.41, 5.74) is -0.334. The minimum Gasteiger partial charge on any atom is -0.481 e. The highest BCUT2D eigenvalue weighted by Crippen LogP contribution is 2.30. The summed E-state index contributed by atoms with van der Waals surface area (Å²) in [5.74, 6) is -0.268. The van der Waals surface area contributed by atoms with E-state index < -0.39 is 23.8 Å². The second-order valence-corrected chi connectivity index (χ2v) is 5.06. The molecule has 0 aliphatic rings. The molecular weight excluding hydrogens is 325 g/mol. The first-order valence-electron chi connectivity index (χ1n) is 7.05. The fourth-order valence-electron chi connectivity index (χ4n) is 1.87. The van der Waals surface area contributed by atoms with Gasteiger partial charge in [-0.2, -0.15) is 13.2 Å². The van der Waals surface area contributed by atoms with E-state index in [9.17, 15) is 22.8 Å². The number of halogens is 3. The zero-order valence-electron chi connectivity index (χ0n) is 12.7. The smallest absolute Gasteiger partial charge is 0.416 e. The number of hydrogen-bond acceptors (Lipinski definition) is 3.